The van der Waals surface area contributed by atoms with Crippen LogP contribution in [0.5, 0.6) is 0 Å². The minimum absolute atomic E-state index is 0.112. The largest absolute Gasteiger partial charge is 0.368 e. The van der Waals surface area contributed by atoms with Crippen LogP contribution >= 0.6 is 0 Å². The van der Waals surface area contributed by atoms with E-state index in [9.17, 15) is 13.2 Å². The van der Waals surface area contributed by atoms with Gasteiger partial charge >= 0.3 is 0 Å². The van der Waals surface area contributed by atoms with E-state index in [0.29, 0.717) is 31.1 Å². The predicted octanol–water partition coefficient (Wildman–Crippen LogP) is 0.760. The molecule has 1 aromatic rings. The summed E-state index contributed by atoms with van der Waals surface area (Å²) in [6, 6.07) is 7.08. The first-order chi connectivity index (χ1) is 12.4. The molecule has 0 spiro atoms. The van der Waals surface area contributed by atoms with Crippen LogP contribution in [0.3, 0.4) is 0 Å². The van der Waals surface area contributed by atoms with E-state index in [0.717, 1.165) is 31.5 Å². The standard InChI is InChI=1S/C18H27N3O4S/c1-19(2)26(23,24)16-6-3-5-15(13-16)14-20-8-10-21(11-9-20)18(22)17-7-4-12-25-17/h3,5-6,13,17H,4,7-12,14H2,1-2H3/t17-/m0/s1. The van der Waals surface area contributed by atoms with Crippen LogP contribution in [0, 0.1) is 0 Å². The lowest BCUT2D eigenvalue weighted by atomic mass is 10.1. The van der Waals surface area contributed by atoms with Gasteiger partial charge in [-0.05, 0) is 30.5 Å². The van der Waals surface area contributed by atoms with Gasteiger partial charge in [-0.15, -0.1) is 0 Å². The van der Waals surface area contributed by atoms with E-state index in [4.69, 9.17) is 4.74 Å². The Hall–Kier alpha value is -1.48. The van der Waals surface area contributed by atoms with Gasteiger partial charge in [0.1, 0.15) is 6.10 Å². The second-order valence-corrected chi connectivity index (χ2v) is 9.19. The zero-order valence-corrected chi connectivity index (χ0v) is 16.2. The molecule has 0 unspecified atom stereocenters. The third kappa shape index (κ3) is 4.25. The summed E-state index contributed by atoms with van der Waals surface area (Å²) in [6.45, 7) is 4.30. The summed E-state index contributed by atoms with van der Waals surface area (Å²) in [5, 5.41) is 0. The molecule has 1 aromatic carbocycles. The summed E-state index contributed by atoms with van der Waals surface area (Å²) in [5.74, 6) is 0.112. The zero-order valence-electron chi connectivity index (χ0n) is 15.4. The van der Waals surface area contributed by atoms with Crippen LogP contribution in [0.2, 0.25) is 0 Å². The highest BCUT2D eigenvalue weighted by Crippen LogP contribution is 2.18. The minimum atomic E-state index is -3.42. The molecule has 0 aromatic heterocycles. The maximum Gasteiger partial charge on any atom is 0.251 e. The fraction of sp³-hybridized carbons (Fsp3) is 0.611. The lowest BCUT2D eigenvalue weighted by molar-refractivity contribution is -0.142. The summed E-state index contributed by atoms with van der Waals surface area (Å²) in [7, 11) is -0.354. The molecule has 144 valence electrons. The second-order valence-electron chi connectivity index (χ2n) is 7.04. The van der Waals surface area contributed by atoms with Crippen LogP contribution in [-0.2, 0) is 26.1 Å². The lowest BCUT2D eigenvalue weighted by Crippen LogP contribution is -2.51. The number of ether oxygens (including phenoxy) is 1. The van der Waals surface area contributed by atoms with Gasteiger partial charge in [-0.25, -0.2) is 12.7 Å². The number of hydrogen-bond acceptors (Lipinski definition) is 5. The third-order valence-corrected chi connectivity index (χ3v) is 6.78. The van der Waals surface area contributed by atoms with Crippen LogP contribution in [-0.4, -0.2) is 81.4 Å². The van der Waals surface area contributed by atoms with Crippen molar-refractivity contribution in [1.29, 1.82) is 0 Å². The van der Waals surface area contributed by atoms with Crippen LogP contribution < -0.4 is 0 Å². The van der Waals surface area contributed by atoms with Gasteiger partial charge in [0.2, 0.25) is 10.0 Å². The van der Waals surface area contributed by atoms with Crippen molar-refractivity contribution < 1.29 is 17.9 Å². The first-order valence-corrected chi connectivity index (χ1v) is 10.5. The van der Waals surface area contributed by atoms with Crippen molar-refractivity contribution in [1.82, 2.24) is 14.1 Å². The van der Waals surface area contributed by atoms with Crippen molar-refractivity contribution in [2.45, 2.75) is 30.4 Å². The van der Waals surface area contributed by atoms with Gasteiger partial charge in [-0.2, -0.15) is 0 Å². The summed E-state index contributed by atoms with van der Waals surface area (Å²) in [5.41, 5.74) is 0.965. The molecule has 2 heterocycles. The first-order valence-electron chi connectivity index (χ1n) is 9.02. The third-order valence-electron chi connectivity index (χ3n) is 4.97. The number of carbonyl (C=O) groups excluding carboxylic acids is 1. The van der Waals surface area contributed by atoms with Crippen molar-refractivity contribution in [2.24, 2.45) is 0 Å². The Kier molecular flexibility index (Phi) is 5.96. The molecular formula is C18H27N3O4S. The molecule has 1 atom stereocenters. The summed E-state index contributed by atoms with van der Waals surface area (Å²) < 4.78 is 31.3. The molecule has 26 heavy (non-hydrogen) atoms. The fourth-order valence-electron chi connectivity index (χ4n) is 3.38. The van der Waals surface area contributed by atoms with E-state index in [-0.39, 0.29) is 12.0 Å². The van der Waals surface area contributed by atoms with Crippen LogP contribution in [0.4, 0.5) is 0 Å². The Bertz CT molecular complexity index is 737. The Labute approximate surface area is 155 Å². The zero-order chi connectivity index (χ0) is 18.7. The van der Waals surface area contributed by atoms with Gasteiger partial charge in [0, 0.05) is 53.4 Å². The summed E-state index contributed by atoms with van der Waals surface area (Å²) in [4.78, 5) is 16.8. The van der Waals surface area contributed by atoms with E-state index in [2.05, 4.69) is 4.90 Å². The molecule has 0 aliphatic carbocycles. The molecule has 2 saturated heterocycles. The average Bonchev–Trinajstić information content (AvgIpc) is 3.16. The Morgan fingerprint density at radius 2 is 1.96 bits per heavy atom. The molecule has 2 aliphatic heterocycles. The van der Waals surface area contributed by atoms with E-state index in [1.807, 2.05) is 11.0 Å². The molecule has 8 heteroatoms. The molecule has 0 saturated carbocycles. The van der Waals surface area contributed by atoms with E-state index < -0.39 is 10.0 Å². The lowest BCUT2D eigenvalue weighted by Gasteiger charge is -2.35. The topological polar surface area (TPSA) is 70.2 Å². The minimum Gasteiger partial charge on any atom is -0.368 e. The van der Waals surface area contributed by atoms with E-state index in [1.54, 1.807) is 18.2 Å². The van der Waals surface area contributed by atoms with E-state index in [1.165, 1.54) is 18.4 Å². The first kappa shape index (κ1) is 19.3. The van der Waals surface area contributed by atoms with Crippen molar-refractivity contribution in [3.05, 3.63) is 29.8 Å². The van der Waals surface area contributed by atoms with Crippen molar-refractivity contribution in [2.75, 3.05) is 46.9 Å². The van der Waals surface area contributed by atoms with Gasteiger partial charge in [0.05, 0.1) is 4.90 Å². The highest BCUT2D eigenvalue weighted by atomic mass is 32.2. The number of rotatable bonds is 5. The highest BCUT2D eigenvalue weighted by Gasteiger charge is 2.30. The van der Waals surface area contributed by atoms with Crippen LogP contribution in [0.25, 0.3) is 0 Å². The highest BCUT2D eigenvalue weighted by molar-refractivity contribution is 7.89. The van der Waals surface area contributed by atoms with Gasteiger partial charge in [0.15, 0.2) is 0 Å². The number of carbonyl (C=O) groups is 1. The average molecular weight is 381 g/mol. The fourth-order valence-corrected chi connectivity index (χ4v) is 4.35. The van der Waals surface area contributed by atoms with Crippen molar-refractivity contribution in [3.8, 4) is 0 Å². The summed E-state index contributed by atoms with van der Waals surface area (Å²) in [6.07, 6.45) is 1.53. The van der Waals surface area contributed by atoms with Gasteiger partial charge < -0.3 is 9.64 Å². The van der Waals surface area contributed by atoms with Crippen LogP contribution in [0.15, 0.2) is 29.2 Å². The van der Waals surface area contributed by atoms with Gasteiger partial charge in [0.25, 0.3) is 5.91 Å². The number of benzene rings is 1. The Morgan fingerprint density at radius 1 is 1.23 bits per heavy atom. The number of piperazine rings is 1. The smallest absolute Gasteiger partial charge is 0.251 e. The van der Waals surface area contributed by atoms with Gasteiger partial charge in [-0.3, -0.25) is 9.69 Å². The Morgan fingerprint density at radius 3 is 2.58 bits per heavy atom. The van der Waals surface area contributed by atoms with Crippen molar-refractivity contribution >= 4 is 15.9 Å². The van der Waals surface area contributed by atoms with Crippen LogP contribution in [0.1, 0.15) is 18.4 Å². The maximum absolute atomic E-state index is 12.4. The molecule has 2 aliphatic rings. The summed E-state index contributed by atoms with van der Waals surface area (Å²) >= 11 is 0. The molecular weight excluding hydrogens is 354 g/mol. The number of sulfonamides is 1. The molecule has 7 nitrogen and oxygen atoms in total. The normalized spacial score (nSPS) is 22.1. The molecule has 0 bridgehead atoms. The van der Waals surface area contributed by atoms with E-state index >= 15 is 0 Å². The molecule has 2 fully saturated rings. The van der Waals surface area contributed by atoms with Gasteiger partial charge in [-0.1, -0.05) is 12.1 Å². The Balaban J connectivity index is 1.57. The number of hydrogen-bond donors (Lipinski definition) is 0. The molecule has 1 amide bonds. The molecule has 0 N–H and O–H groups in total. The maximum atomic E-state index is 12.4. The number of amides is 1. The number of nitrogens with zero attached hydrogens (tertiary/aromatic N) is 3. The van der Waals surface area contributed by atoms with Crippen molar-refractivity contribution in [3.63, 3.8) is 0 Å². The predicted molar refractivity (Wildman–Crippen MR) is 98.1 cm³/mol. The monoisotopic (exact) mass is 381 g/mol. The molecule has 0 radical (unpaired) electrons. The quantitative estimate of drug-likeness (QED) is 0.753. The molecule has 3 rings (SSSR count). The second kappa shape index (κ2) is 8.04. The SMILES string of the molecule is CN(C)S(=O)(=O)c1cccc(CN2CCN(C(=O)[C@@H]3CCCO3)CC2)c1.